The molecule has 0 unspecified atom stereocenters. The molecule has 0 aliphatic rings. The lowest BCUT2D eigenvalue weighted by atomic mass is 10.2. The van der Waals surface area contributed by atoms with Crippen LogP contribution in [-0.4, -0.2) is 36.7 Å². The van der Waals surface area contributed by atoms with Crippen molar-refractivity contribution < 1.29 is 18.0 Å². The van der Waals surface area contributed by atoms with Crippen LogP contribution in [0.1, 0.15) is 12.0 Å². The molecule has 0 fully saturated rings. The normalized spacial score (nSPS) is 11.3. The van der Waals surface area contributed by atoms with Gasteiger partial charge in [-0.3, -0.25) is 0 Å². The largest absolute Gasteiger partial charge is 0.500 e. The average Bonchev–Trinajstić information content (AvgIpc) is 2.49. The van der Waals surface area contributed by atoms with Crippen LogP contribution in [-0.2, 0) is 13.3 Å². The molecular formula is C14H22O4Si. The van der Waals surface area contributed by atoms with Crippen molar-refractivity contribution in [3.8, 4) is 5.75 Å². The second-order valence-corrected chi connectivity index (χ2v) is 7.11. The smallest absolute Gasteiger partial charge is 0.494 e. The lowest BCUT2D eigenvalue weighted by Gasteiger charge is -2.24. The Kier molecular flexibility index (Phi) is 6.79. The van der Waals surface area contributed by atoms with Crippen LogP contribution in [0.25, 0.3) is 6.08 Å². The molecule has 5 heteroatoms. The summed E-state index contributed by atoms with van der Waals surface area (Å²) in [5.74, 6) is 0.852. The van der Waals surface area contributed by atoms with E-state index >= 15 is 0 Å². The van der Waals surface area contributed by atoms with Crippen LogP contribution in [0.4, 0.5) is 0 Å². The standard InChI is InChI=1S/C14H22O4Si/c1-5-13-7-9-14(10-8-13)18-11-6-12-19(15-2,16-3)17-4/h5,7-10H,1,6,11-12H2,2-4H3. The van der Waals surface area contributed by atoms with E-state index < -0.39 is 8.80 Å². The predicted molar refractivity (Wildman–Crippen MR) is 78.2 cm³/mol. The highest BCUT2D eigenvalue weighted by molar-refractivity contribution is 6.60. The molecule has 0 aliphatic heterocycles. The van der Waals surface area contributed by atoms with Gasteiger partial charge in [-0.1, -0.05) is 24.8 Å². The van der Waals surface area contributed by atoms with Crippen molar-refractivity contribution in [2.75, 3.05) is 27.9 Å². The molecule has 0 heterocycles. The predicted octanol–water partition coefficient (Wildman–Crippen LogP) is 2.98. The van der Waals surface area contributed by atoms with Crippen LogP contribution >= 0.6 is 0 Å². The van der Waals surface area contributed by atoms with Gasteiger partial charge in [0.15, 0.2) is 0 Å². The molecule has 0 bridgehead atoms. The highest BCUT2D eigenvalue weighted by atomic mass is 28.4. The molecule has 0 radical (unpaired) electrons. The van der Waals surface area contributed by atoms with Crippen LogP contribution in [0.3, 0.4) is 0 Å². The van der Waals surface area contributed by atoms with Crippen molar-refractivity contribution in [2.45, 2.75) is 12.5 Å². The SMILES string of the molecule is C=Cc1ccc(OCCC[Si](OC)(OC)OC)cc1. The third-order valence-electron chi connectivity index (χ3n) is 2.94. The zero-order valence-electron chi connectivity index (χ0n) is 11.8. The van der Waals surface area contributed by atoms with Gasteiger partial charge >= 0.3 is 8.80 Å². The maximum absolute atomic E-state index is 5.66. The average molecular weight is 282 g/mol. The quantitative estimate of drug-likeness (QED) is 0.515. The Balaban J connectivity index is 2.35. The molecule has 0 aromatic heterocycles. The number of rotatable bonds is 9. The summed E-state index contributed by atoms with van der Waals surface area (Å²) >= 11 is 0. The molecule has 106 valence electrons. The fraction of sp³-hybridized carbons (Fsp3) is 0.429. The van der Waals surface area contributed by atoms with Crippen LogP contribution in [0.5, 0.6) is 5.75 Å². The topological polar surface area (TPSA) is 36.9 Å². The molecule has 0 N–H and O–H groups in total. The first kappa shape index (κ1) is 15.9. The summed E-state index contributed by atoms with van der Waals surface area (Å²) in [5, 5.41) is 0. The Morgan fingerprint density at radius 2 is 1.63 bits per heavy atom. The Morgan fingerprint density at radius 3 is 2.11 bits per heavy atom. The van der Waals surface area contributed by atoms with E-state index in [1.807, 2.05) is 24.3 Å². The zero-order chi connectivity index (χ0) is 14.1. The molecular weight excluding hydrogens is 260 g/mol. The van der Waals surface area contributed by atoms with E-state index in [9.17, 15) is 0 Å². The third-order valence-corrected chi connectivity index (χ3v) is 5.78. The van der Waals surface area contributed by atoms with Gasteiger partial charge in [0.05, 0.1) is 6.61 Å². The minimum atomic E-state index is -2.46. The molecule has 0 aliphatic carbocycles. The lowest BCUT2D eigenvalue weighted by Crippen LogP contribution is -2.42. The first-order valence-corrected chi connectivity index (χ1v) is 8.13. The number of benzene rings is 1. The summed E-state index contributed by atoms with van der Waals surface area (Å²) in [6.07, 6.45) is 2.63. The van der Waals surface area contributed by atoms with Crippen molar-refractivity contribution in [2.24, 2.45) is 0 Å². The van der Waals surface area contributed by atoms with Crippen molar-refractivity contribution in [3.63, 3.8) is 0 Å². The first-order valence-electron chi connectivity index (χ1n) is 6.20. The van der Waals surface area contributed by atoms with E-state index in [4.69, 9.17) is 18.0 Å². The number of hydrogen-bond donors (Lipinski definition) is 0. The summed E-state index contributed by atoms with van der Waals surface area (Å²) in [5.41, 5.74) is 1.08. The number of ether oxygens (including phenoxy) is 1. The van der Waals surface area contributed by atoms with Crippen molar-refractivity contribution in [1.82, 2.24) is 0 Å². The first-order chi connectivity index (χ1) is 9.19. The van der Waals surface area contributed by atoms with E-state index in [1.54, 1.807) is 27.4 Å². The summed E-state index contributed by atoms with van der Waals surface area (Å²) in [7, 11) is 2.39. The highest BCUT2D eigenvalue weighted by Gasteiger charge is 2.36. The summed E-state index contributed by atoms with van der Waals surface area (Å²) in [6.45, 7) is 4.32. The van der Waals surface area contributed by atoms with Crippen LogP contribution in [0.2, 0.25) is 6.04 Å². The molecule has 0 atom stereocenters. The van der Waals surface area contributed by atoms with Crippen molar-refractivity contribution in [1.29, 1.82) is 0 Å². The van der Waals surface area contributed by atoms with E-state index in [1.165, 1.54) is 0 Å². The molecule has 1 aromatic rings. The maximum Gasteiger partial charge on any atom is 0.500 e. The van der Waals surface area contributed by atoms with Gasteiger partial charge in [0.1, 0.15) is 5.75 Å². The Morgan fingerprint density at radius 1 is 1.05 bits per heavy atom. The second-order valence-electron chi connectivity index (χ2n) is 4.02. The second kappa shape index (κ2) is 8.11. The van der Waals surface area contributed by atoms with Crippen molar-refractivity contribution >= 4 is 14.9 Å². The van der Waals surface area contributed by atoms with Gasteiger partial charge in [-0.2, -0.15) is 0 Å². The fourth-order valence-corrected chi connectivity index (χ4v) is 3.42. The van der Waals surface area contributed by atoms with Gasteiger partial charge in [-0.05, 0) is 24.1 Å². The van der Waals surface area contributed by atoms with Gasteiger partial charge in [-0.15, -0.1) is 0 Å². The molecule has 19 heavy (non-hydrogen) atoms. The van der Waals surface area contributed by atoms with E-state index in [0.717, 1.165) is 23.8 Å². The van der Waals surface area contributed by atoms with Gasteiger partial charge in [-0.25, -0.2) is 0 Å². The van der Waals surface area contributed by atoms with Gasteiger partial charge < -0.3 is 18.0 Å². The van der Waals surface area contributed by atoms with Crippen molar-refractivity contribution in [3.05, 3.63) is 36.4 Å². The van der Waals surface area contributed by atoms with Gasteiger partial charge in [0.2, 0.25) is 0 Å². The molecule has 0 amide bonds. The summed E-state index contributed by atoms with van der Waals surface area (Å²) in [4.78, 5) is 0. The van der Waals surface area contributed by atoms with Crippen LogP contribution in [0, 0.1) is 0 Å². The lowest BCUT2D eigenvalue weighted by molar-refractivity contribution is 0.121. The molecule has 4 nitrogen and oxygen atoms in total. The monoisotopic (exact) mass is 282 g/mol. The van der Waals surface area contributed by atoms with Crippen LogP contribution < -0.4 is 4.74 Å². The molecule has 1 rings (SSSR count). The Hall–Kier alpha value is -1.14. The minimum Gasteiger partial charge on any atom is -0.494 e. The molecule has 1 aromatic carbocycles. The van der Waals surface area contributed by atoms with E-state index in [-0.39, 0.29) is 0 Å². The fourth-order valence-electron chi connectivity index (χ4n) is 1.74. The summed E-state index contributed by atoms with van der Waals surface area (Å²) in [6, 6.07) is 8.55. The molecule has 0 saturated heterocycles. The third kappa shape index (κ3) is 4.79. The highest BCUT2D eigenvalue weighted by Crippen LogP contribution is 2.17. The Bertz CT molecular complexity index is 365. The Labute approximate surface area is 116 Å². The molecule has 0 saturated carbocycles. The molecule has 0 spiro atoms. The van der Waals surface area contributed by atoms with E-state index in [0.29, 0.717) is 6.61 Å². The van der Waals surface area contributed by atoms with E-state index in [2.05, 4.69) is 6.58 Å². The zero-order valence-corrected chi connectivity index (χ0v) is 12.8. The van der Waals surface area contributed by atoms with Gasteiger partial charge in [0.25, 0.3) is 0 Å². The summed E-state index contributed by atoms with van der Waals surface area (Å²) < 4.78 is 21.7. The minimum absolute atomic E-state index is 0.609. The maximum atomic E-state index is 5.66. The van der Waals surface area contributed by atoms with Gasteiger partial charge in [0, 0.05) is 27.4 Å². The van der Waals surface area contributed by atoms with Crippen LogP contribution in [0.15, 0.2) is 30.8 Å². The number of hydrogen-bond acceptors (Lipinski definition) is 4.